The molecule has 0 radical (unpaired) electrons. The largest absolute Gasteiger partial charge is 0.342 e. The molecular formula is C20H24Cl2N2O2S. The summed E-state index contributed by atoms with van der Waals surface area (Å²) >= 11 is 8.04. The van der Waals surface area contributed by atoms with Gasteiger partial charge in [-0.3, -0.25) is 0 Å². The number of halogens is 2. The van der Waals surface area contributed by atoms with Gasteiger partial charge in [-0.15, -0.1) is 24.0 Å². The van der Waals surface area contributed by atoms with Crippen LogP contribution in [0, 0.1) is 0 Å². The van der Waals surface area contributed by atoms with Gasteiger partial charge in [-0.2, -0.15) is 0 Å². The Hall–Kier alpha value is -0.950. The first-order valence-corrected chi connectivity index (χ1v) is 10.2. The van der Waals surface area contributed by atoms with Crippen LogP contribution >= 0.6 is 35.8 Å². The Morgan fingerprint density at radius 3 is 2.48 bits per heavy atom. The summed E-state index contributed by atoms with van der Waals surface area (Å²) in [5.41, 5.74) is 3.42. The fraction of sp³-hybridized carbons (Fsp3) is 0.400. The first kappa shape index (κ1) is 20.8. The van der Waals surface area contributed by atoms with Crippen molar-refractivity contribution < 1.29 is 9.47 Å². The summed E-state index contributed by atoms with van der Waals surface area (Å²) in [6.07, 6.45) is 0. The molecule has 2 aliphatic rings. The van der Waals surface area contributed by atoms with Gasteiger partial charge >= 0.3 is 0 Å². The summed E-state index contributed by atoms with van der Waals surface area (Å²) in [5, 5.41) is 0. The number of hydrogen-bond donors (Lipinski definition) is 0. The normalized spacial score (nSPS) is 17.4. The zero-order valence-electron chi connectivity index (χ0n) is 15.5. The van der Waals surface area contributed by atoms with Crippen molar-refractivity contribution in [3.63, 3.8) is 0 Å². The van der Waals surface area contributed by atoms with Crippen LogP contribution in [0.2, 0.25) is 0 Å². The topological polar surface area (TPSA) is 24.9 Å². The molecule has 146 valence electrons. The maximum Gasteiger partial charge on any atom is 0.209 e. The van der Waals surface area contributed by atoms with E-state index in [1.807, 2.05) is 11.8 Å². The molecule has 0 atom stereocenters. The molecule has 1 fully saturated rings. The number of likely N-dealkylation sites (N-methyl/N-ethyl adjacent to an activating group) is 1. The number of benzene rings is 2. The molecule has 7 heteroatoms. The van der Waals surface area contributed by atoms with Crippen LogP contribution in [-0.2, 0) is 15.3 Å². The van der Waals surface area contributed by atoms with E-state index in [1.54, 1.807) is 0 Å². The van der Waals surface area contributed by atoms with E-state index >= 15 is 0 Å². The van der Waals surface area contributed by atoms with Gasteiger partial charge in [0.25, 0.3) is 0 Å². The summed E-state index contributed by atoms with van der Waals surface area (Å²) in [7, 11) is 4.20. The number of anilines is 2. The molecule has 4 rings (SSSR count). The lowest BCUT2D eigenvalue weighted by Crippen LogP contribution is -2.32. The summed E-state index contributed by atoms with van der Waals surface area (Å²) in [4.78, 5) is 7.12. The van der Waals surface area contributed by atoms with Crippen LogP contribution in [0.4, 0.5) is 11.4 Å². The number of hydrogen-bond acceptors (Lipinski definition) is 5. The molecule has 0 aromatic heterocycles. The van der Waals surface area contributed by atoms with Crippen molar-refractivity contribution in [3.05, 3.63) is 48.0 Å². The van der Waals surface area contributed by atoms with Gasteiger partial charge < -0.3 is 19.3 Å². The maximum absolute atomic E-state index is 6.23. The lowest BCUT2D eigenvalue weighted by Gasteiger charge is -2.35. The van der Waals surface area contributed by atoms with E-state index < -0.39 is 5.79 Å². The van der Waals surface area contributed by atoms with Crippen molar-refractivity contribution in [2.45, 2.75) is 15.6 Å². The van der Waals surface area contributed by atoms with E-state index in [0.29, 0.717) is 13.2 Å². The number of rotatable bonds is 5. The van der Waals surface area contributed by atoms with Gasteiger partial charge in [0.15, 0.2) is 0 Å². The van der Waals surface area contributed by atoms with Gasteiger partial charge in [0, 0.05) is 28.4 Å². The minimum atomic E-state index is -0.828. The molecule has 27 heavy (non-hydrogen) atoms. The molecule has 2 aromatic rings. The van der Waals surface area contributed by atoms with Crippen LogP contribution < -0.4 is 4.90 Å². The Morgan fingerprint density at radius 1 is 1.07 bits per heavy atom. The van der Waals surface area contributed by atoms with Crippen LogP contribution in [0.3, 0.4) is 0 Å². The first-order chi connectivity index (χ1) is 12.6. The second-order valence-corrected chi connectivity index (χ2v) is 8.14. The highest BCUT2D eigenvalue weighted by molar-refractivity contribution is 7.99. The van der Waals surface area contributed by atoms with Crippen molar-refractivity contribution in [3.8, 4) is 0 Å². The standard InChI is InChI=1S/C20H23ClN2O2S.ClH/c1-22(2)9-10-23-16-5-3-4-6-18(16)26-19-8-7-15(13-17(19)23)20(14-21)24-11-12-25-20;/h3-8,13H,9-12,14H2,1-2H3;1H. The lowest BCUT2D eigenvalue weighted by molar-refractivity contribution is -0.146. The van der Waals surface area contributed by atoms with E-state index in [-0.39, 0.29) is 18.3 Å². The summed E-state index contributed by atoms with van der Waals surface area (Å²) in [5.74, 6) is -0.543. The van der Waals surface area contributed by atoms with E-state index in [1.165, 1.54) is 21.2 Å². The van der Waals surface area contributed by atoms with E-state index in [9.17, 15) is 0 Å². The van der Waals surface area contributed by atoms with Crippen molar-refractivity contribution in [1.82, 2.24) is 4.90 Å². The first-order valence-electron chi connectivity index (χ1n) is 8.80. The molecule has 0 unspecified atom stereocenters. The highest BCUT2D eigenvalue weighted by Gasteiger charge is 2.39. The number of alkyl halides is 1. The summed E-state index contributed by atoms with van der Waals surface area (Å²) in [6.45, 7) is 3.03. The van der Waals surface area contributed by atoms with Gasteiger partial charge in [0.2, 0.25) is 5.79 Å². The van der Waals surface area contributed by atoms with Gasteiger partial charge in [-0.25, -0.2) is 0 Å². The molecule has 0 aliphatic carbocycles. The fourth-order valence-electron chi connectivity index (χ4n) is 3.38. The van der Waals surface area contributed by atoms with Crippen LogP contribution in [0.5, 0.6) is 0 Å². The average molecular weight is 427 g/mol. The number of nitrogens with zero attached hydrogens (tertiary/aromatic N) is 2. The van der Waals surface area contributed by atoms with E-state index in [0.717, 1.165) is 18.7 Å². The lowest BCUT2D eigenvalue weighted by atomic mass is 10.1. The van der Waals surface area contributed by atoms with Crippen molar-refractivity contribution >= 4 is 47.1 Å². The van der Waals surface area contributed by atoms with Gasteiger partial charge in [0.1, 0.15) is 0 Å². The molecule has 2 aromatic carbocycles. The van der Waals surface area contributed by atoms with Gasteiger partial charge in [0.05, 0.1) is 30.5 Å². The van der Waals surface area contributed by atoms with E-state index in [2.05, 4.69) is 66.4 Å². The summed E-state index contributed by atoms with van der Waals surface area (Å²) < 4.78 is 11.8. The molecule has 2 aliphatic heterocycles. The Labute approximate surface area is 176 Å². The zero-order chi connectivity index (χ0) is 18.1. The highest BCUT2D eigenvalue weighted by Crippen LogP contribution is 2.49. The van der Waals surface area contributed by atoms with Crippen molar-refractivity contribution in [2.24, 2.45) is 0 Å². The molecule has 0 saturated carbocycles. The molecule has 0 N–H and O–H groups in total. The van der Waals surface area contributed by atoms with Crippen molar-refractivity contribution in [1.29, 1.82) is 0 Å². The number of para-hydroxylation sites is 1. The third-order valence-electron chi connectivity index (χ3n) is 4.77. The maximum atomic E-state index is 6.23. The smallest absolute Gasteiger partial charge is 0.209 e. The molecule has 0 bridgehead atoms. The van der Waals surface area contributed by atoms with Gasteiger partial charge in [-0.1, -0.05) is 30.0 Å². The van der Waals surface area contributed by atoms with Crippen LogP contribution in [0.15, 0.2) is 52.3 Å². The van der Waals surface area contributed by atoms with Crippen LogP contribution in [-0.4, -0.2) is 51.2 Å². The molecule has 4 nitrogen and oxygen atoms in total. The Balaban J connectivity index is 0.00000210. The van der Waals surface area contributed by atoms with Gasteiger partial charge in [-0.05, 0) is 38.4 Å². The highest BCUT2D eigenvalue weighted by atomic mass is 35.5. The fourth-order valence-corrected chi connectivity index (χ4v) is 4.77. The predicted molar refractivity (Wildman–Crippen MR) is 114 cm³/mol. The van der Waals surface area contributed by atoms with Crippen LogP contribution in [0.1, 0.15) is 5.56 Å². The summed E-state index contributed by atoms with van der Waals surface area (Å²) in [6, 6.07) is 15.0. The second-order valence-electron chi connectivity index (χ2n) is 6.79. The minimum absolute atomic E-state index is 0. The Kier molecular flexibility index (Phi) is 6.62. The van der Waals surface area contributed by atoms with Crippen LogP contribution in [0.25, 0.3) is 0 Å². The molecular weight excluding hydrogens is 403 g/mol. The average Bonchev–Trinajstić information content (AvgIpc) is 3.15. The Bertz CT molecular complexity index is 797. The molecule has 1 saturated heterocycles. The number of fused-ring (bicyclic) bond motifs is 2. The monoisotopic (exact) mass is 426 g/mol. The molecule has 2 heterocycles. The Morgan fingerprint density at radius 2 is 1.78 bits per heavy atom. The quantitative estimate of drug-likeness (QED) is 0.644. The SMILES string of the molecule is CN(C)CCN1c2ccccc2Sc2ccc(C3(CCl)OCCO3)cc21.Cl. The molecule has 0 spiro atoms. The third-order valence-corrected chi connectivity index (χ3v) is 6.25. The van der Waals surface area contributed by atoms with E-state index in [4.69, 9.17) is 21.1 Å². The van der Waals surface area contributed by atoms with Crippen molar-refractivity contribution in [2.75, 3.05) is 51.2 Å². The number of ether oxygens (including phenoxy) is 2. The molecule has 0 amide bonds. The predicted octanol–water partition coefficient (Wildman–Crippen LogP) is 4.71. The minimum Gasteiger partial charge on any atom is -0.342 e. The third kappa shape index (κ3) is 3.95. The second kappa shape index (κ2) is 8.60. The zero-order valence-corrected chi connectivity index (χ0v) is 17.9.